The summed E-state index contributed by atoms with van der Waals surface area (Å²) in [5, 5.41) is 8.77. The molecule has 23 heavy (non-hydrogen) atoms. The van der Waals surface area contributed by atoms with Crippen LogP contribution in [0.25, 0.3) is 0 Å². The molecule has 1 atom stereocenters. The second kappa shape index (κ2) is 6.67. The Morgan fingerprint density at radius 1 is 1.26 bits per heavy atom. The normalized spacial score (nSPS) is 16.2. The van der Waals surface area contributed by atoms with E-state index in [4.69, 9.17) is 14.7 Å². The predicted octanol–water partition coefficient (Wildman–Crippen LogP) is 2.97. The summed E-state index contributed by atoms with van der Waals surface area (Å²) in [6.45, 7) is 1.53. The summed E-state index contributed by atoms with van der Waals surface area (Å²) in [4.78, 5) is 1.98. The zero-order chi connectivity index (χ0) is 16.2. The number of rotatable bonds is 4. The van der Waals surface area contributed by atoms with Crippen molar-refractivity contribution in [2.75, 3.05) is 20.2 Å². The largest absolute Gasteiger partial charge is 0.486 e. The number of likely N-dealkylation sites (N-methyl/N-ethyl adjacent to an activating group) is 1. The van der Waals surface area contributed by atoms with Crippen molar-refractivity contribution < 1.29 is 13.9 Å². The number of hydrogen-bond acceptors (Lipinski definition) is 4. The van der Waals surface area contributed by atoms with E-state index < -0.39 is 0 Å². The van der Waals surface area contributed by atoms with Gasteiger partial charge in [0, 0.05) is 18.7 Å². The first-order valence-electron chi connectivity index (χ1n) is 7.41. The van der Waals surface area contributed by atoms with E-state index in [1.54, 1.807) is 12.1 Å². The minimum atomic E-state index is -0.359. The number of benzene rings is 2. The summed E-state index contributed by atoms with van der Waals surface area (Å²) in [5.41, 5.74) is 0.887. The van der Waals surface area contributed by atoms with Gasteiger partial charge < -0.3 is 9.47 Å². The summed E-state index contributed by atoms with van der Waals surface area (Å²) >= 11 is 0. The molecule has 4 nitrogen and oxygen atoms in total. The van der Waals surface area contributed by atoms with Gasteiger partial charge in [0.05, 0.1) is 11.6 Å². The molecule has 1 heterocycles. The van der Waals surface area contributed by atoms with Crippen molar-refractivity contribution in [3.63, 3.8) is 0 Å². The molecule has 0 amide bonds. The summed E-state index contributed by atoms with van der Waals surface area (Å²) in [6.07, 6.45) is -0.101. The number of fused-ring (bicyclic) bond motifs is 1. The third kappa shape index (κ3) is 3.61. The summed E-state index contributed by atoms with van der Waals surface area (Å²) in [6, 6.07) is 14.0. The van der Waals surface area contributed by atoms with E-state index >= 15 is 0 Å². The molecule has 0 spiro atoms. The Hall–Kier alpha value is -2.58. The van der Waals surface area contributed by atoms with Gasteiger partial charge in [-0.1, -0.05) is 18.2 Å². The highest BCUT2D eigenvalue weighted by Crippen LogP contribution is 2.31. The van der Waals surface area contributed by atoms with E-state index in [1.807, 2.05) is 42.3 Å². The zero-order valence-electron chi connectivity index (χ0n) is 12.8. The molecule has 1 aliphatic rings. The monoisotopic (exact) mass is 312 g/mol. The van der Waals surface area contributed by atoms with Gasteiger partial charge in [0.2, 0.25) is 0 Å². The van der Waals surface area contributed by atoms with E-state index in [0.29, 0.717) is 30.8 Å². The fraction of sp³-hybridized carbons (Fsp3) is 0.278. The molecule has 2 aromatic rings. The number of nitrogens with zero attached hydrogens (tertiary/aromatic N) is 2. The fourth-order valence-electron chi connectivity index (χ4n) is 2.60. The van der Waals surface area contributed by atoms with Crippen LogP contribution in [0.4, 0.5) is 4.39 Å². The van der Waals surface area contributed by atoms with E-state index in [9.17, 15) is 4.39 Å². The second-order valence-corrected chi connectivity index (χ2v) is 5.61. The van der Waals surface area contributed by atoms with Crippen molar-refractivity contribution in [1.29, 1.82) is 5.26 Å². The smallest absolute Gasteiger partial charge is 0.161 e. The Morgan fingerprint density at radius 2 is 2.04 bits per heavy atom. The number of para-hydroxylation sites is 2. The lowest BCUT2D eigenvalue weighted by Gasteiger charge is -2.29. The first kappa shape index (κ1) is 15.3. The zero-order valence-corrected chi connectivity index (χ0v) is 12.8. The van der Waals surface area contributed by atoms with Crippen LogP contribution in [0.5, 0.6) is 11.5 Å². The predicted molar refractivity (Wildman–Crippen MR) is 83.8 cm³/mol. The van der Waals surface area contributed by atoms with Gasteiger partial charge in [-0.2, -0.15) is 5.26 Å². The molecule has 2 aromatic carbocycles. The van der Waals surface area contributed by atoms with Crippen LogP contribution >= 0.6 is 0 Å². The van der Waals surface area contributed by atoms with Crippen molar-refractivity contribution in [3.8, 4) is 17.6 Å². The Bertz CT molecular complexity index is 742. The number of hydrogen-bond donors (Lipinski definition) is 0. The van der Waals surface area contributed by atoms with Crippen LogP contribution in [0, 0.1) is 17.1 Å². The van der Waals surface area contributed by atoms with Crippen LogP contribution in [0.1, 0.15) is 11.1 Å². The van der Waals surface area contributed by atoms with Gasteiger partial charge in [0.25, 0.3) is 0 Å². The topological polar surface area (TPSA) is 45.5 Å². The lowest BCUT2D eigenvalue weighted by Crippen LogP contribution is -2.39. The van der Waals surface area contributed by atoms with Crippen molar-refractivity contribution in [2.45, 2.75) is 12.6 Å². The van der Waals surface area contributed by atoms with Crippen molar-refractivity contribution in [1.82, 2.24) is 4.90 Å². The molecular formula is C18H17FN2O2. The van der Waals surface area contributed by atoms with Crippen molar-refractivity contribution in [3.05, 3.63) is 59.4 Å². The highest BCUT2D eigenvalue weighted by atomic mass is 19.1. The molecule has 5 heteroatoms. The first-order chi connectivity index (χ1) is 11.2. The van der Waals surface area contributed by atoms with Gasteiger partial charge in [-0.25, -0.2) is 4.39 Å². The van der Waals surface area contributed by atoms with Gasteiger partial charge in [-0.15, -0.1) is 0 Å². The van der Waals surface area contributed by atoms with Crippen LogP contribution in [0.15, 0.2) is 42.5 Å². The SMILES string of the molecule is CN(Cc1ccc(C#N)cc1F)CC1COc2ccccc2O1. The summed E-state index contributed by atoms with van der Waals surface area (Å²) < 4.78 is 25.5. The van der Waals surface area contributed by atoms with E-state index in [2.05, 4.69) is 0 Å². The Morgan fingerprint density at radius 3 is 2.78 bits per heavy atom. The average Bonchev–Trinajstić information content (AvgIpc) is 2.56. The van der Waals surface area contributed by atoms with Gasteiger partial charge in [0.15, 0.2) is 11.5 Å². The molecule has 0 aromatic heterocycles. The first-order valence-corrected chi connectivity index (χ1v) is 7.41. The lowest BCUT2D eigenvalue weighted by atomic mass is 10.1. The van der Waals surface area contributed by atoms with Gasteiger partial charge in [-0.3, -0.25) is 4.90 Å². The molecule has 1 unspecified atom stereocenters. The van der Waals surface area contributed by atoms with E-state index in [1.165, 1.54) is 6.07 Å². The maximum absolute atomic E-state index is 13.9. The summed E-state index contributed by atoms with van der Waals surface area (Å²) in [7, 11) is 1.90. The van der Waals surface area contributed by atoms with Crippen LogP contribution in [-0.2, 0) is 6.54 Å². The van der Waals surface area contributed by atoms with Crippen LogP contribution in [0.3, 0.4) is 0 Å². The standard InChI is InChI=1S/C18H17FN2O2/c1-21(10-14-7-6-13(9-20)8-16(14)19)11-15-12-22-17-4-2-3-5-18(17)23-15/h2-8,15H,10-12H2,1H3. The second-order valence-electron chi connectivity index (χ2n) is 5.61. The highest BCUT2D eigenvalue weighted by molar-refractivity contribution is 5.40. The minimum Gasteiger partial charge on any atom is -0.486 e. The van der Waals surface area contributed by atoms with E-state index in [0.717, 1.165) is 11.5 Å². The highest BCUT2D eigenvalue weighted by Gasteiger charge is 2.22. The molecule has 0 radical (unpaired) electrons. The quantitative estimate of drug-likeness (QED) is 0.871. The molecule has 0 aliphatic carbocycles. The Labute approximate surface area is 134 Å². The minimum absolute atomic E-state index is 0.101. The third-order valence-corrected chi connectivity index (χ3v) is 3.71. The summed E-state index contributed by atoms with van der Waals surface area (Å²) in [5.74, 6) is 1.13. The number of halogens is 1. The molecule has 118 valence electrons. The Kier molecular flexibility index (Phi) is 4.45. The molecule has 3 rings (SSSR count). The molecule has 0 fully saturated rings. The average molecular weight is 312 g/mol. The van der Waals surface area contributed by atoms with Crippen LogP contribution in [0.2, 0.25) is 0 Å². The van der Waals surface area contributed by atoms with Gasteiger partial charge in [0.1, 0.15) is 18.5 Å². The number of nitriles is 1. The maximum Gasteiger partial charge on any atom is 0.161 e. The van der Waals surface area contributed by atoms with Gasteiger partial charge in [-0.05, 0) is 31.3 Å². The third-order valence-electron chi connectivity index (χ3n) is 3.71. The van der Waals surface area contributed by atoms with E-state index in [-0.39, 0.29) is 11.9 Å². The molecule has 0 saturated carbocycles. The van der Waals surface area contributed by atoms with Crippen LogP contribution in [-0.4, -0.2) is 31.2 Å². The van der Waals surface area contributed by atoms with Crippen molar-refractivity contribution in [2.24, 2.45) is 0 Å². The maximum atomic E-state index is 13.9. The van der Waals surface area contributed by atoms with Gasteiger partial charge >= 0.3 is 0 Å². The molecule has 1 aliphatic heterocycles. The molecule has 0 bridgehead atoms. The fourth-order valence-corrected chi connectivity index (χ4v) is 2.60. The number of ether oxygens (including phenoxy) is 2. The molecular weight excluding hydrogens is 295 g/mol. The molecule has 0 N–H and O–H groups in total. The van der Waals surface area contributed by atoms with Crippen molar-refractivity contribution >= 4 is 0 Å². The lowest BCUT2D eigenvalue weighted by molar-refractivity contribution is 0.0635. The molecule has 0 saturated heterocycles. The Balaban J connectivity index is 1.60. The van der Waals surface area contributed by atoms with Crippen LogP contribution < -0.4 is 9.47 Å².